The van der Waals surface area contributed by atoms with Crippen LogP contribution in [0.3, 0.4) is 0 Å². The molecule has 144 valence electrons. The lowest BCUT2D eigenvalue weighted by molar-refractivity contribution is 0.100. The molecule has 4 nitrogen and oxygen atoms in total. The molecule has 9 heteroatoms. The van der Waals surface area contributed by atoms with E-state index >= 15 is 0 Å². The lowest BCUT2D eigenvalue weighted by Gasteiger charge is -2.28. The molecule has 0 aromatic heterocycles. The highest BCUT2D eigenvalue weighted by Gasteiger charge is 2.60. The lowest BCUT2D eigenvalue weighted by Crippen LogP contribution is -2.47. The second-order valence-electron chi connectivity index (χ2n) is 5.93. The van der Waals surface area contributed by atoms with Crippen LogP contribution in [0, 0.1) is 13.8 Å². The fourth-order valence-electron chi connectivity index (χ4n) is 2.15. The van der Waals surface area contributed by atoms with Crippen molar-refractivity contribution in [3.8, 4) is 0 Å². The number of carbonyl (C=O) groups is 2. The number of ketones is 2. The Kier molecular flexibility index (Phi) is 6.95. The summed E-state index contributed by atoms with van der Waals surface area (Å²) in [6.45, 7) is 3.70. The first-order chi connectivity index (χ1) is 12.3. The van der Waals surface area contributed by atoms with Crippen LogP contribution in [0.25, 0.3) is 0 Å². The summed E-state index contributed by atoms with van der Waals surface area (Å²) in [5.74, 6) is -1.50. The molecule has 27 heavy (non-hydrogen) atoms. The highest BCUT2D eigenvalue weighted by Crippen LogP contribution is 2.49. The number of rotatable bonds is 6. The van der Waals surface area contributed by atoms with Gasteiger partial charge in [0.15, 0.2) is 0 Å². The standard InChI is InChI=1S/C18H14Br4O4S/c1-11-3-7-13(8-4-11)15(23)17(19,20)27(25,26)18(21,22)16(24)14-9-5-12(2)6-10-14/h3-10H,1-2H3. The lowest BCUT2D eigenvalue weighted by atomic mass is 10.1. The van der Waals surface area contributed by atoms with E-state index < -0.39 is 26.5 Å². The zero-order valence-electron chi connectivity index (χ0n) is 14.2. The SMILES string of the molecule is Cc1ccc(C(=O)C(Br)(Br)S(=O)(=O)C(Br)(Br)C(=O)c2ccc(C)cc2)cc1. The molecule has 0 saturated heterocycles. The predicted octanol–water partition coefficient (Wildman–Crippen LogP) is 5.67. The molecule has 0 N–H and O–H groups in total. The van der Waals surface area contributed by atoms with Crippen molar-refractivity contribution in [3.05, 3.63) is 70.8 Å². The van der Waals surface area contributed by atoms with Gasteiger partial charge >= 0.3 is 0 Å². The largest absolute Gasteiger partial charge is 0.290 e. The van der Waals surface area contributed by atoms with Crippen molar-refractivity contribution < 1.29 is 18.0 Å². The van der Waals surface area contributed by atoms with Gasteiger partial charge in [0.05, 0.1) is 0 Å². The van der Waals surface area contributed by atoms with Crippen LogP contribution in [-0.2, 0) is 9.84 Å². The van der Waals surface area contributed by atoms with Crippen molar-refractivity contribution >= 4 is 85.1 Å². The molecule has 0 atom stereocenters. The van der Waals surface area contributed by atoms with Crippen LogP contribution in [0.5, 0.6) is 0 Å². The summed E-state index contributed by atoms with van der Waals surface area (Å²) in [6.07, 6.45) is 0. The van der Waals surface area contributed by atoms with Gasteiger partial charge in [0.2, 0.25) is 26.5 Å². The third-order valence-corrected chi connectivity index (χ3v) is 12.1. The summed E-state index contributed by atoms with van der Waals surface area (Å²) in [5.41, 5.74) is 2.20. The number of aryl methyl sites for hydroxylation is 2. The zero-order valence-corrected chi connectivity index (χ0v) is 21.3. The third kappa shape index (κ3) is 4.32. The third-order valence-electron chi connectivity index (χ3n) is 3.83. The Morgan fingerprint density at radius 1 is 0.667 bits per heavy atom. The number of hydrogen-bond donors (Lipinski definition) is 0. The number of hydrogen-bond acceptors (Lipinski definition) is 4. The van der Waals surface area contributed by atoms with Crippen molar-refractivity contribution in [2.75, 3.05) is 0 Å². The number of sulfone groups is 1. The van der Waals surface area contributed by atoms with Gasteiger partial charge in [0.25, 0.3) is 0 Å². The van der Waals surface area contributed by atoms with Gasteiger partial charge in [-0.1, -0.05) is 59.7 Å². The molecule has 2 aromatic carbocycles. The van der Waals surface area contributed by atoms with E-state index in [2.05, 4.69) is 63.7 Å². The van der Waals surface area contributed by atoms with Crippen molar-refractivity contribution in [2.45, 2.75) is 19.0 Å². The molecule has 0 aliphatic carbocycles. The van der Waals surface area contributed by atoms with Gasteiger partial charge < -0.3 is 0 Å². The Morgan fingerprint density at radius 3 is 1.19 bits per heavy atom. The van der Waals surface area contributed by atoms with Gasteiger partial charge in [-0.2, -0.15) is 0 Å². The van der Waals surface area contributed by atoms with E-state index in [-0.39, 0.29) is 11.1 Å². The second kappa shape index (κ2) is 8.18. The number of alkyl halides is 4. The van der Waals surface area contributed by atoms with Gasteiger partial charge in [-0.05, 0) is 77.6 Å². The highest BCUT2D eigenvalue weighted by molar-refractivity contribution is 9.31. The summed E-state index contributed by atoms with van der Waals surface area (Å²) in [6, 6.07) is 12.9. The van der Waals surface area contributed by atoms with Crippen LogP contribution >= 0.6 is 63.7 Å². The van der Waals surface area contributed by atoms with Gasteiger partial charge in [-0.15, -0.1) is 0 Å². The predicted molar refractivity (Wildman–Crippen MR) is 121 cm³/mol. The summed E-state index contributed by atoms with van der Waals surface area (Å²) >= 11 is 11.9. The zero-order chi connectivity index (χ0) is 20.6. The van der Waals surface area contributed by atoms with E-state index in [9.17, 15) is 18.0 Å². The van der Waals surface area contributed by atoms with Gasteiger partial charge in [0.1, 0.15) is 0 Å². The summed E-state index contributed by atoms with van der Waals surface area (Å²) < 4.78 is 22.0. The number of benzene rings is 2. The molecular weight excluding hydrogens is 632 g/mol. The minimum atomic E-state index is -4.49. The first kappa shape index (κ1) is 22.9. The number of Topliss-reactive ketones (excluding diaryl/α,β-unsaturated/α-hetero) is 2. The van der Waals surface area contributed by atoms with Crippen LogP contribution in [0.1, 0.15) is 31.8 Å². The second-order valence-corrected chi connectivity index (χ2v) is 17.1. The van der Waals surface area contributed by atoms with E-state index in [1.165, 1.54) is 24.3 Å². The Bertz CT molecular complexity index is 904. The summed E-state index contributed by atoms with van der Waals surface area (Å²) in [5, 5.41) is 0. The average Bonchev–Trinajstić information content (AvgIpc) is 2.61. The van der Waals surface area contributed by atoms with Crippen molar-refractivity contribution in [1.29, 1.82) is 0 Å². The van der Waals surface area contributed by atoms with E-state index in [1.54, 1.807) is 24.3 Å². The summed E-state index contributed by atoms with van der Waals surface area (Å²) in [4.78, 5) is 25.7. The maximum absolute atomic E-state index is 13.2. The molecule has 2 rings (SSSR count). The topological polar surface area (TPSA) is 68.3 Å². The summed E-state index contributed by atoms with van der Waals surface area (Å²) in [7, 11) is -4.49. The Morgan fingerprint density at radius 2 is 0.926 bits per heavy atom. The fourth-order valence-corrected chi connectivity index (χ4v) is 9.63. The maximum Gasteiger partial charge on any atom is 0.245 e. The minimum absolute atomic E-state index is 0.177. The molecular formula is C18H14Br4O4S. The molecule has 0 unspecified atom stereocenters. The van der Waals surface area contributed by atoms with E-state index in [0.717, 1.165) is 11.1 Å². The van der Waals surface area contributed by atoms with Gasteiger partial charge in [-0.3, -0.25) is 9.59 Å². The van der Waals surface area contributed by atoms with Crippen molar-refractivity contribution in [2.24, 2.45) is 0 Å². The highest BCUT2D eigenvalue weighted by atomic mass is 79.9. The van der Waals surface area contributed by atoms with Gasteiger partial charge in [0, 0.05) is 11.1 Å². The van der Waals surface area contributed by atoms with Crippen LogP contribution < -0.4 is 0 Å². The Balaban J connectivity index is 2.47. The van der Waals surface area contributed by atoms with Gasteiger partial charge in [-0.25, -0.2) is 8.42 Å². The van der Waals surface area contributed by atoms with Crippen LogP contribution in [-0.4, -0.2) is 25.1 Å². The first-order valence-electron chi connectivity index (χ1n) is 7.55. The average molecular weight is 646 g/mol. The first-order valence-corrected chi connectivity index (χ1v) is 12.2. The molecule has 0 heterocycles. The smallest absolute Gasteiger partial charge is 0.245 e. The van der Waals surface area contributed by atoms with Crippen LogP contribution in [0.15, 0.2) is 48.5 Å². The number of carbonyl (C=O) groups excluding carboxylic acids is 2. The molecule has 0 spiro atoms. The van der Waals surface area contributed by atoms with E-state index in [1.807, 2.05) is 13.8 Å². The molecule has 0 saturated carbocycles. The fraction of sp³-hybridized carbons (Fsp3) is 0.222. The van der Waals surface area contributed by atoms with Crippen molar-refractivity contribution in [3.63, 3.8) is 0 Å². The minimum Gasteiger partial charge on any atom is -0.290 e. The number of halogens is 4. The molecule has 0 radical (unpaired) electrons. The van der Waals surface area contributed by atoms with E-state index in [4.69, 9.17) is 0 Å². The van der Waals surface area contributed by atoms with Crippen molar-refractivity contribution in [1.82, 2.24) is 0 Å². The van der Waals surface area contributed by atoms with E-state index in [0.29, 0.717) is 0 Å². The normalized spacial score (nSPS) is 12.7. The Hall–Kier alpha value is -0.350. The molecule has 0 aliphatic heterocycles. The molecule has 0 aliphatic rings. The van der Waals surface area contributed by atoms with Crippen LogP contribution in [0.4, 0.5) is 0 Å². The quantitative estimate of drug-likeness (QED) is 0.300. The maximum atomic E-state index is 13.2. The Labute approximate surface area is 191 Å². The molecule has 0 bridgehead atoms. The molecule has 2 aromatic rings. The molecule has 0 amide bonds. The molecule has 0 fully saturated rings. The monoisotopic (exact) mass is 642 g/mol. The van der Waals surface area contributed by atoms with Crippen LogP contribution in [0.2, 0.25) is 0 Å².